The van der Waals surface area contributed by atoms with Crippen LogP contribution >= 0.6 is 0 Å². The Kier molecular flexibility index (Phi) is 4.42. The summed E-state index contributed by atoms with van der Waals surface area (Å²) in [6, 6.07) is 0. The molecule has 16 heavy (non-hydrogen) atoms. The summed E-state index contributed by atoms with van der Waals surface area (Å²) in [6.45, 7) is 4.83. The van der Waals surface area contributed by atoms with E-state index in [4.69, 9.17) is 5.11 Å². The van der Waals surface area contributed by atoms with Gasteiger partial charge in [0.15, 0.2) is 0 Å². The number of rotatable bonds is 6. The van der Waals surface area contributed by atoms with Crippen molar-refractivity contribution in [2.75, 3.05) is 13.2 Å². The molecule has 1 amide bonds. The molecule has 0 aliphatic heterocycles. The van der Waals surface area contributed by atoms with E-state index in [1.807, 2.05) is 13.8 Å². The third-order valence-electron chi connectivity index (χ3n) is 2.23. The van der Waals surface area contributed by atoms with E-state index in [-0.39, 0.29) is 17.9 Å². The molecule has 0 fully saturated rings. The first-order chi connectivity index (χ1) is 7.53. The normalized spacial score (nSPS) is 11.4. The number of aromatic nitrogens is 3. The summed E-state index contributed by atoms with van der Waals surface area (Å²) >= 11 is 0. The van der Waals surface area contributed by atoms with Crippen molar-refractivity contribution in [2.45, 2.75) is 26.8 Å². The first-order valence-electron chi connectivity index (χ1n) is 5.25. The number of carbonyl (C=O) groups is 1. The van der Waals surface area contributed by atoms with E-state index in [1.165, 1.54) is 0 Å². The second-order valence-electron chi connectivity index (χ2n) is 4.52. The maximum atomic E-state index is 11.4. The van der Waals surface area contributed by atoms with Crippen molar-refractivity contribution < 1.29 is 9.90 Å². The number of aliphatic hydroxyl groups excluding tert-OH is 1. The van der Waals surface area contributed by atoms with Gasteiger partial charge in [0.25, 0.3) is 0 Å². The van der Waals surface area contributed by atoms with Gasteiger partial charge in [-0.3, -0.25) is 9.48 Å². The lowest BCUT2D eigenvalue weighted by atomic mass is 9.95. The van der Waals surface area contributed by atoms with Crippen molar-refractivity contribution in [3.8, 4) is 0 Å². The third kappa shape index (κ3) is 4.39. The predicted octanol–water partition coefficient (Wildman–Crippen LogP) is -0.197. The molecule has 0 aliphatic carbocycles. The van der Waals surface area contributed by atoms with Crippen molar-refractivity contribution in [2.24, 2.45) is 5.41 Å². The lowest BCUT2D eigenvalue weighted by Gasteiger charge is -2.21. The Morgan fingerprint density at radius 3 is 2.88 bits per heavy atom. The number of hydrogen-bond acceptors (Lipinski definition) is 4. The molecule has 0 atom stereocenters. The number of nitrogens with one attached hydrogen (secondary N) is 1. The zero-order valence-corrected chi connectivity index (χ0v) is 9.68. The van der Waals surface area contributed by atoms with Crippen LogP contribution in [0.3, 0.4) is 0 Å². The molecule has 1 aromatic rings. The maximum Gasteiger partial charge on any atom is 0.221 e. The van der Waals surface area contributed by atoms with Crippen LogP contribution in [0.25, 0.3) is 0 Å². The van der Waals surface area contributed by atoms with E-state index in [0.29, 0.717) is 19.5 Å². The van der Waals surface area contributed by atoms with E-state index >= 15 is 0 Å². The van der Waals surface area contributed by atoms with Crippen molar-refractivity contribution in [3.05, 3.63) is 12.4 Å². The van der Waals surface area contributed by atoms with Gasteiger partial charge in [0.2, 0.25) is 5.91 Å². The van der Waals surface area contributed by atoms with Crippen LogP contribution < -0.4 is 5.32 Å². The Balaban J connectivity index is 2.21. The molecular formula is C10H18N4O2. The van der Waals surface area contributed by atoms with E-state index in [2.05, 4.69) is 15.6 Å². The quantitative estimate of drug-likeness (QED) is 0.704. The molecule has 0 saturated heterocycles. The van der Waals surface area contributed by atoms with Crippen LogP contribution in [0, 0.1) is 5.41 Å². The highest BCUT2D eigenvalue weighted by molar-refractivity contribution is 5.75. The molecule has 0 saturated carbocycles. The molecule has 2 N–H and O–H groups in total. The highest BCUT2D eigenvalue weighted by Crippen LogP contribution is 2.11. The summed E-state index contributed by atoms with van der Waals surface area (Å²) in [7, 11) is 0. The Bertz CT molecular complexity index is 322. The van der Waals surface area contributed by atoms with Gasteiger partial charge in [0.1, 0.15) is 0 Å². The summed E-state index contributed by atoms with van der Waals surface area (Å²) in [5.74, 6) is -0.0444. The van der Waals surface area contributed by atoms with Crippen LogP contribution in [0.2, 0.25) is 0 Å². The molecule has 0 bridgehead atoms. The van der Waals surface area contributed by atoms with Gasteiger partial charge >= 0.3 is 0 Å². The minimum atomic E-state index is -0.275. The van der Waals surface area contributed by atoms with Gasteiger partial charge in [-0.25, -0.2) is 0 Å². The lowest BCUT2D eigenvalue weighted by Crippen LogP contribution is -2.36. The number of aryl methyl sites for hydroxylation is 1. The minimum absolute atomic E-state index is 0.0444. The largest absolute Gasteiger partial charge is 0.396 e. The highest BCUT2D eigenvalue weighted by Gasteiger charge is 2.17. The van der Waals surface area contributed by atoms with Gasteiger partial charge in [-0.1, -0.05) is 19.1 Å². The van der Waals surface area contributed by atoms with Crippen molar-refractivity contribution in [1.29, 1.82) is 0 Å². The zero-order valence-electron chi connectivity index (χ0n) is 9.68. The van der Waals surface area contributed by atoms with Crippen LogP contribution in [-0.4, -0.2) is 39.2 Å². The first-order valence-corrected chi connectivity index (χ1v) is 5.25. The molecular weight excluding hydrogens is 208 g/mol. The summed E-state index contributed by atoms with van der Waals surface area (Å²) in [6.07, 6.45) is 3.66. The topological polar surface area (TPSA) is 80.0 Å². The van der Waals surface area contributed by atoms with Crippen molar-refractivity contribution >= 4 is 5.91 Å². The standard InChI is InChI=1S/C10H18N4O2/c1-10(2,8-15)7-11-9(16)3-5-14-6-4-12-13-14/h4,6,15H,3,5,7-8H2,1-2H3,(H,11,16). The van der Waals surface area contributed by atoms with Gasteiger partial charge in [-0.2, -0.15) is 0 Å². The fourth-order valence-electron chi connectivity index (χ4n) is 1.05. The molecule has 6 heteroatoms. The Morgan fingerprint density at radius 1 is 1.56 bits per heavy atom. The fourth-order valence-corrected chi connectivity index (χ4v) is 1.05. The SMILES string of the molecule is CC(C)(CO)CNC(=O)CCn1ccnn1. The maximum absolute atomic E-state index is 11.4. The second-order valence-corrected chi connectivity index (χ2v) is 4.52. The Hall–Kier alpha value is -1.43. The van der Waals surface area contributed by atoms with Gasteiger partial charge in [-0.05, 0) is 0 Å². The molecule has 0 unspecified atom stereocenters. The Morgan fingerprint density at radius 2 is 2.31 bits per heavy atom. The molecule has 1 heterocycles. The predicted molar refractivity (Wildman–Crippen MR) is 58.5 cm³/mol. The Labute approximate surface area is 94.7 Å². The molecule has 0 spiro atoms. The third-order valence-corrected chi connectivity index (χ3v) is 2.23. The zero-order chi connectivity index (χ0) is 12.0. The molecule has 90 valence electrons. The molecule has 6 nitrogen and oxygen atoms in total. The van der Waals surface area contributed by atoms with Crippen LogP contribution in [0.4, 0.5) is 0 Å². The van der Waals surface area contributed by atoms with Crippen molar-refractivity contribution in [3.63, 3.8) is 0 Å². The fraction of sp³-hybridized carbons (Fsp3) is 0.700. The van der Waals surface area contributed by atoms with Crippen LogP contribution in [0.1, 0.15) is 20.3 Å². The number of hydrogen-bond donors (Lipinski definition) is 2. The molecule has 1 rings (SSSR count). The summed E-state index contributed by atoms with van der Waals surface area (Å²) in [5.41, 5.74) is -0.275. The first kappa shape index (κ1) is 12.6. The van der Waals surface area contributed by atoms with Crippen LogP contribution in [-0.2, 0) is 11.3 Å². The average Bonchev–Trinajstić information content (AvgIpc) is 2.76. The van der Waals surface area contributed by atoms with Crippen LogP contribution in [0.15, 0.2) is 12.4 Å². The van der Waals surface area contributed by atoms with Crippen molar-refractivity contribution in [1.82, 2.24) is 20.3 Å². The van der Waals surface area contributed by atoms with E-state index in [9.17, 15) is 4.79 Å². The summed E-state index contributed by atoms with van der Waals surface area (Å²) in [4.78, 5) is 11.4. The second kappa shape index (κ2) is 5.60. The smallest absolute Gasteiger partial charge is 0.221 e. The molecule has 0 aliphatic rings. The molecule has 0 aromatic carbocycles. The van der Waals surface area contributed by atoms with Gasteiger partial charge in [0.05, 0.1) is 12.7 Å². The van der Waals surface area contributed by atoms with Gasteiger partial charge in [0, 0.05) is 31.2 Å². The number of aliphatic hydroxyl groups is 1. The summed E-state index contributed by atoms with van der Waals surface area (Å²) in [5, 5.41) is 19.2. The van der Waals surface area contributed by atoms with E-state index < -0.39 is 0 Å². The van der Waals surface area contributed by atoms with Crippen LogP contribution in [0.5, 0.6) is 0 Å². The number of nitrogens with zero attached hydrogens (tertiary/aromatic N) is 3. The minimum Gasteiger partial charge on any atom is -0.396 e. The highest BCUT2D eigenvalue weighted by atomic mass is 16.3. The number of carbonyl (C=O) groups excluding carboxylic acids is 1. The van der Waals surface area contributed by atoms with E-state index in [1.54, 1.807) is 17.1 Å². The van der Waals surface area contributed by atoms with Gasteiger partial charge < -0.3 is 10.4 Å². The number of amides is 1. The summed E-state index contributed by atoms with van der Waals surface area (Å²) < 4.78 is 1.61. The monoisotopic (exact) mass is 226 g/mol. The molecule has 0 radical (unpaired) electrons. The average molecular weight is 226 g/mol. The van der Waals surface area contributed by atoms with E-state index in [0.717, 1.165) is 0 Å². The molecule has 1 aromatic heterocycles. The lowest BCUT2D eigenvalue weighted by molar-refractivity contribution is -0.121. The van der Waals surface area contributed by atoms with Gasteiger partial charge in [-0.15, -0.1) is 5.10 Å².